The summed E-state index contributed by atoms with van der Waals surface area (Å²) >= 11 is 6.01. The first-order valence-electron chi connectivity index (χ1n) is 6.38. The van der Waals surface area contributed by atoms with E-state index in [2.05, 4.69) is 23.6 Å². The summed E-state index contributed by atoms with van der Waals surface area (Å²) in [6.07, 6.45) is 3.65. The minimum atomic E-state index is 0.393. The Morgan fingerprint density at radius 3 is 3.06 bits per heavy atom. The summed E-state index contributed by atoms with van der Waals surface area (Å²) in [7, 11) is 0. The highest BCUT2D eigenvalue weighted by molar-refractivity contribution is 6.32. The van der Waals surface area contributed by atoms with E-state index in [4.69, 9.17) is 16.9 Å². The minimum absolute atomic E-state index is 0.393. The van der Waals surface area contributed by atoms with Gasteiger partial charge in [0.2, 0.25) is 0 Å². The van der Waals surface area contributed by atoms with Crippen LogP contribution < -0.4 is 10.6 Å². The van der Waals surface area contributed by atoms with Gasteiger partial charge < -0.3 is 10.6 Å². The Morgan fingerprint density at radius 1 is 1.61 bits per heavy atom. The molecule has 1 saturated heterocycles. The van der Waals surface area contributed by atoms with Gasteiger partial charge in [0.25, 0.3) is 0 Å². The molecule has 0 saturated carbocycles. The number of halogens is 1. The Hall–Kier alpha value is -1.24. The van der Waals surface area contributed by atoms with Crippen LogP contribution in [0.2, 0.25) is 5.02 Å². The number of hydrogen-bond acceptors (Lipinski definition) is 3. The van der Waals surface area contributed by atoms with Gasteiger partial charge in [-0.25, -0.2) is 0 Å². The first kappa shape index (κ1) is 13.2. The van der Waals surface area contributed by atoms with Crippen LogP contribution >= 0.6 is 11.6 Å². The van der Waals surface area contributed by atoms with Crippen LogP contribution in [-0.2, 0) is 0 Å². The molecule has 3 nitrogen and oxygen atoms in total. The monoisotopic (exact) mass is 263 g/mol. The van der Waals surface area contributed by atoms with E-state index in [1.54, 1.807) is 6.07 Å². The Labute approximate surface area is 113 Å². The molecule has 2 N–H and O–H groups in total. The van der Waals surface area contributed by atoms with Crippen molar-refractivity contribution in [2.75, 3.05) is 11.9 Å². The van der Waals surface area contributed by atoms with Gasteiger partial charge in [0.05, 0.1) is 10.6 Å². The lowest BCUT2D eigenvalue weighted by Crippen LogP contribution is -2.29. The van der Waals surface area contributed by atoms with Crippen LogP contribution in [-0.4, -0.2) is 18.6 Å². The summed E-state index contributed by atoms with van der Waals surface area (Å²) in [6.45, 7) is 3.31. The van der Waals surface area contributed by atoms with Crippen LogP contribution in [0.1, 0.15) is 31.7 Å². The third kappa shape index (κ3) is 3.38. The van der Waals surface area contributed by atoms with Crippen molar-refractivity contribution >= 4 is 17.3 Å². The maximum atomic E-state index is 8.82. The molecule has 1 aromatic rings. The average Bonchev–Trinajstić information content (AvgIpc) is 2.82. The maximum absolute atomic E-state index is 8.82. The van der Waals surface area contributed by atoms with Crippen LogP contribution in [0.15, 0.2) is 18.2 Å². The van der Waals surface area contributed by atoms with Crippen molar-refractivity contribution in [1.29, 1.82) is 5.26 Å². The topological polar surface area (TPSA) is 47.8 Å². The highest BCUT2D eigenvalue weighted by atomic mass is 35.5. The standard InChI is InChI=1S/C14H18ClN3/c1-10(7-12-3-2-6-17-12)18-13-5-4-11(9-16)14(15)8-13/h4-5,8,10,12,17-18H,2-3,6-7H2,1H3. The molecule has 0 radical (unpaired) electrons. The van der Waals surface area contributed by atoms with Gasteiger partial charge in [-0.3, -0.25) is 0 Å². The number of anilines is 1. The van der Waals surface area contributed by atoms with Crippen molar-refractivity contribution in [3.63, 3.8) is 0 Å². The van der Waals surface area contributed by atoms with Gasteiger partial charge in [0.1, 0.15) is 6.07 Å². The lowest BCUT2D eigenvalue weighted by atomic mass is 10.1. The molecule has 1 aromatic carbocycles. The van der Waals surface area contributed by atoms with Crippen molar-refractivity contribution in [3.05, 3.63) is 28.8 Å². The maximum Gasteiger partial charge on any atom is 0.101 e. The van der Waals surface area contributed by atoms with E-state index in [0.717, 1.165) is 18.7 Å². The van der Waals surface area contributed by atoms with E-state index < -0.39 is 0 Å². The summed E-state index contributed by atoms with van der Waals surface area (Å²) in [5.74, 6) is 0. The van der Waals surface area contributed by atoms with E-state index in [1.165, 1.54) is 12.8 Å². The fraction of sp³-hybridized carbons (Fsp3) is 0.500. The first-order valence-corrected chi connectivity index (χ1v) is 6.76. The molecule has 96 valence electrons. The Bertz CT molecular complexity index is 447. The third-order valence-corrected chi connectivity index (χ3v) is 3.62. The van der Waals surface area contributed by atoms with Crippen LogP contribution in [0, 0.1) is 11.3 Å². The molecule has 1 aliphatic rings. The Morgan fingerprint density at radius 2 is 2.44 bits per heavy atom. The molecular weight excluding hydrogens is 246 g/mol. The average molecular weight is 264 g/mol. The van der Waals surface area contributed by atoms with Crippen molar-refractivity contribution < 1.29 is 0 Å². The molecule has 1 aliphatic heterocycles. The number of benzene rings is 1. The van der Waals surface area contributed by atoms with Crippen LogP contribution in [0.5, 0.6) is 0 Å². The first-order chi connectivity index (χ1) is 8.69. The van der Waals surface area contributed by atoms with Gasteiger partial charge in [0, 0.05) is 17.8 Å². The van der Waals surface area contributed by atoms with Crippen molar-refractivity contribution in [2.45, 2.75) is 38.3 Å². The summed E-state index contributed by atoms with van der Waals surface area (Å²) in [4.78, 5) is 0. The minimum Gasteiger partial charge on any atom is -0.382 e. The molecular formula is C14H18ClN3. The molecule has 2 unspecified atom stereocenters. The Balaban J connectivity index is 1.92. The number of nitriles is 1. The molecule has 1 heterocycles. The fourth-order valence-electron chi connectivity index (χ4n) is 2.42. The summed E-state index contributed by atoms with van der Waals surface area (Å²) < 4.78 is 0. The highest BCUT2D eigenvalue weighted by Gasteiger charge is 2.16. The quantitative estimate of drug-likeness (QED) is 0.877. The lowest BCUT2D eigenvalue weighted by molar-refractivity contribution is 0.523. The second kappa shape index (κ2) is 6.08. The zero-order valence-corrected chi connectivity index (χ0v) is 11.3. The Kier molecular flexibility index (Phi) is 4.46. The normalized spacial score (nSPS) is 20.4. The number of hydrogen-bond donors (Lipinski definition) is 2. The van der Waals surface area contributed by atoms with Gasteiger partial charge in [-0.1, -0.05) is 11.6 Å². The van der Waals surface area contributed by atoms with Gasteiger partial charge >= 0.3 is 0 Å². The SMILES string of the molecule is CC(CC1CCCN1)Nc1ccc(C#N)c(Cl)c1. The molecule has 0 aromatic heterocycles. The van der Waals surface area contributed by atoms with E-state index >= 15 is 0 Å². The molecule has 0 spiro atoms. The van der Waals surface area contributed by atoms with Crippen LogP contribution in [0.4, 0.5) is 5.69 Å². The van der Waals surface area contributed by atoms with E-state index in [0.29, 0.717) is 22.7 Å². The zero-order valence-electron chi connectivity index (χ0n) is 10.5. The van der Waals surface area contributed by atoms with Crippen molar-refractivity contribution in [2.24, 2.45) is 0 Å². The molecule has 18 heavy (non-hydrogen) atoms. The third-order valence-electron chi connectivity index (χ3n) is 3.30. The number of rotatable bonds is 4. The van der Waals surface area contributed by atoms with Gasteiger partial charge in [0.15, 0.2) is 0 Å². The van der Waals surface area contributed by atoms with Crippen LogP contribution in [0.25, 0.3) is 0 Å². The summed E-state index contributed by atoms with van der Waals surface area (Å²) in [5, 5.41) is 16.2. The fourth-order valence-corrected chi connectivity index (χ4v) is 2.65. The molecule has 2 atom stereocenters. The predicted molar refractivity (Wildman–Crippen MR) is 74.9 cm³/mol. The lowest BCUT2D eigenvalue weighted by Gasteiger charge is -2.19. The number of nitrogens with one attached hydrogen (secondary N) is 2. The van der Waals surface area contributed by atoms with E-state index in [1.807, 2.05) is 12.1 Å². The second-order valence-electron chi connectivity index (χ2n) is 4.88. The van der Waals surface area contributed by atoms with E-state index in [9.17, 15) is 0 Å². The molecule has 0 bridgehead atoms. The zero-order chi connectivity index (χ0) is 13.0. The largest absolute Gasteiger partial charge is 0.382 e. The van der Waals surface area contributed by atoms with E-state index in [-0.39, 0.29) is 0 Å². The molecule has 1 fully saturated rings. The summed E-state index contributed by atoms with van der Waals surface area (Å²) in [6, 6.07) is 8.56. The van der Waals surface area contributed by atoms with Gasteiger partial charge in [-0.05, 0) is 50.9 Å². The molecule has 2 rings (SSSR count). The predicted octanol–water partition coefficient (Wildman–Crippen LogP) is 3.15. The van der Waals surface area contributed by atoms with Crippen molar-refractivity contribution in [3.8, 4) is 6.07 Å². The highest BCUT2D eigenvalue weighted by Crippen LogP contribution is 2.21. The number of nitrogens with zero attached hydrogens (tertiary/aromatic N) is 1. The van der Waals surface area contributed by atoms with Gasteiger partial charge in [-0.2, -0.15) is 5.26 Å². The van der Waals surface area contributed by atoms with Crippen LogP contribution in [0.3, 0.4) is 0 Å². The summed E-state index contributed by atoms with van der Waals surface area (Å²) in [5.41, 5.74) is 1.50. The van der Waals surface area contributed by atoms with Crippen molar-refractivity contribution in [1.82, 2.24) is 5.32 Å². The molecule has 0 aliphatic carbocycles. The molecule has 0 amide bonds. The molecule has 4 heteroatoms. The second-order valence-corrected chi connectivity index (χ2v) is 5.29. The van der Waals surface area contributed by atoms with Gasteiger partial charge in [-0.15, -0.1) is 0 Å². The smallest absolute Gasteiger partial charge is 0.101 e.